The maximum Gasteiger partial charge on any atom is 0.358 e. The number of nitrogens with zero attached hydrogens (tertiary/aromatic N) is 3. The average Bonchev–Trinajstić information content (AvgIpc) is 3.28. The van der Waals surface area contributed by atoms with E-state index in [9.17, 15) is 9.59 Å². The van der Waals surface area contributed by atoms with Crippen LogP contribution in [0, 0.1) is 13.8 Å². The number of aromatic nitrogens is 3. The van der Waals surface area contributed by atoms with Gasteiger partial charge in [-0.05, 0) is 39.0 Å². The quantitative estimate of drug-likeness (QED) is 0.594. The Balaban J connectivity index is 1.78. The van der Waals surface area contributed by atoms with Gasteiger partial charge in [0.2, 0.25) is 0 Å². The number of anilines is 1. The van der Waals surface area contributed by atoms with E-state index in [0.717, 1.165) is 10.7 Å². The van der Waals surface area contributed by atoms with Gasteiger partial charge in [0.1, 0.15) is 12.4 Å². The van der Waals surface area contributed by atoms with Crippen molar-refractivity contribution >= 4 is 28.9 Å². The third-order valence-electron chi connectivity index (χ3n) is 4.19. The molecule has 9 heteroatoms. The number of aryl methyl sites for hydroxylation is 3. The molecule has 0 spiro atoms. The summed E-state index contributed by atoms with van der Waals surface area (Å²) in [5, 5.41) is 9.99. The Morgan fingerprint density at radius 1 is 1.28 bits per heavy atom. The smallest absolute Gasteiger partial charge is 0.358 e. The van der Waals surface area contributed by atoms with Crippen LogP contribution in [0.5, 0.6) is 5.75 Å². The molecule has 0 saturated heterocycles. The molecular weight excluding hydrogens is 392 g/mol. The summed E-state index contributed by atoms with van der Waals surface area (Å²) in [5.41, 5.74) is 2.33. The summed E-state index contributed by atoms with van der Waals surface area (Å²) in [5.74, 6) is -0.375. The number of nitrogens with one attached hydrogen (secondary N) is 1. The lowest BCUT2D eigenvalue weighted by Crippen LogP contribution is -2.17. The van der Waals surface area contributed by atoms with Gasteiger partial charge in [0.05, 0.1) is 29.2 Å². The molecule has 0 fully saturated rings. The third kappa shape index (κ3) is 4.62. The number of amides is 1. The van der Waals surface area contributed by atoms with Crippen LogP contribution in [0.1, 0.15) is 44.2 Å². The number of hydrogen-bond donors (Lipinski definition) is 1. The fraction of sp³-hybridized carbons (Fsp3) is 0.300. The van der Waals surface area contributed by atoms with Crippen molar-refractivity contribution in [1.82, 2.24) is 14.8 Å². The summed E-state index contributed by atoms with van der Waals surface area (Å²) in [6, 6.07) is 6.83. The van der Waals surface area contributed by atoms with Crippen molar-refractivity contribution in [2.24, 2.45) is 0 Å². The minimum Gasteiger partial charge on any atom is -0.487 e. The van der Waals surface area contributed by atoms with Crippen LogP contribution >= 0.6 is 11.3 Å². The molecule has 3 rings (SSSR count). The number of thiazole rings is 1. The normalized spacial score (nSPS) is 10.6. The van der Waals surface area contributed by atoms with Crippen molar-refractivity contribution in [2.75, 3.05) is 12.4 Å². The Hall–Kier alpha value is -3.20. The summed E-state index contributed by atoms with van der Waals surface area (Å²) in [4.78, 5) is 29.3. The first kappa shape index (κ1) is 20.5. The second kappa shape index (κ2) is 8.87. The molecule has 0 unspecified atom stereocenters. The van der Waals surface area contributed by atoms with Crippen molar-refractivity contribution in [3.63, 3.8) is 0 Å². The second-order valence-electron chi connectivity index (χ2n) is 6.24. The number of carbonyl (C=O) groups excluding carboxylic acids is 2. The molecule has 0 bridgehead atoms. The van der Waals surface area contributed by atoms with E-state index in [-0.39, 0.29) is 11.6 Å². The number of ether oxygens (including phenoxy) is 2. The van der Waals surface area contributed by atoms with E-state index in [4.69, 9.17) is 9.47 Å². The van der Waals surface area contributed by atoms with Gasteiger partial charge < -0.3 is 14.8 Å². The van der Waals surface area contributed by atoms with Crippen molar-refractivity contribution < 1.29 is 19.1 Å². The highest BCUT2D eigenvalue weighted by molar-refractivity contribution is 7.09. The van der Waals surface area contributed by atoms with E-state index in [2.05, 4.69) is 15.4 Å². The summed E-state index contributed by atoms with van der Waals surface area (Å²) >= 11 is 1.56. The van der Waals surface area contributed by atoms with Crippen molar-refractivity contribution in [3.8, 4) is 5.75 Å². The molecule has 0 radical (unpaired) electrons. The molecule has 0 aliphatic rings. The summed E-state index contributed by atoms with van der Waals surface area (Å²) in [6.07, 6.45) is 0. The zero-order valence-electron chi connectivity index (χ0n) is 16.7. The number of esters is 1. The van der Waals surface area contributed by atoms with Crippen molar-refractivity contribution in [3.05, 3.63) is 57.3 Å². The van der Waals surface area contributed by atoms with Crippen LogP contribution in [-0.4, -0.2) is 33.8 Å². The number of hydrogen-bond acceptors (Lipinski definition) is 7. The monoisotopic (exact) mass is 414 g/mol. The maximum absolute atomic E-state index is 12.8. The molecule has 0 atom stereocenters. The minimum atomic E-state index is -0.557. The molecular formula is C20H22N4O4S. The van der Waals surface area contributed by atoms with E-state index in [0.29, 0.717) is 35.8 Å². The fourth-order valence-corrected chi connectivity index (χ4v) is 3.41. The second-order valence-corrected chi connectivity index (χ2v) is 7.31. The number of benzene rings is 1. The Bertz CT molecular complexity index is 1040. The zero-order chi connectivity index (χ0) is 21.0. The van der Waals surface area contributed by atoms with Gasteiger partial charge in [-0.2, -0.15) is 5.10 Å². The van der Waals surface area contributed by atoms with Gasteiger partial charge in [-0.25, -0.2) is 9.78 Å². The summed E-state index contributed by atoms with van der Waals surface area (Å²) in [6.45, 7) is 6.31. The van der Waals surface area contributed by atoms with Crippen LogP contribution in [-0.2, 0) is 17.9 Å². The van der Waals surface area contributed by atoms with Crippen LogP contribution in [0.3, 0.4) is 0 Å². The standard InChI is InChI=1S/C20H22N4O4S/c1-5-24-18(20(26)27-4)17(12(2)23-24)22-19(25)14-7-6-8-16(9-14)28-10-15-11-29-13(3)21-15/h6-9,11H,5,10H2,1-4H3,(H,22,25). The number of rotatable bonds is 7. The Kier molecular flexibility index (Phi) is 6.28. The maximum atomic E-state index is 12.8. The molecule has 2 aromatic heterocycles. The van der Waals surface area contributed by atoms with Crippen LogP contribution < -0.4 is 10.1 Å². The van der Waals surface area contributed by atoms with E-state index >= 15 is 0 Å². The molecule has 1 amide bonds. The van der Waals surface area contributed by atoms with Gasteiger partial charge in [0, 0.05) is 17.5 Å². The lowest BCUT2D eigenvalue weighted by atomic mass is 10.2. The van der Waals surface area contributed by atoms with Gasteiger partial charge in [-0.15, -0.1) is 11.3 Å². The number of methoxy groups -OCH3 is 1. The van der Waals surface area contributed by atoms with E-state index in [1.165, 1.54) is 11.8 Å². The summed E-state index contributed by atoms with van der Waals surface area (Å²) < 4.78 is 12.1. The Labute approximate surface area is 172 Å². The topological polar surface area (TPSA) is 95.3 Å². The van der Waals surface area contributed by atoms with Gasteiger partial charge in [0.15, 0.2) is 5.69 Å². The highest BCUT2D eigenvalue weighted by Crippen LogP contribution is 2.23. The predicted octanol–water partition coefficient (Wildman–Crippen LogP) is 3.59. The van der Waals surface area contributed by atoms with Crippen LogP contribution in [0.15, 0.2) is 29.6 Å². The van der Waals surface area contributed by atoms with Gasteiger partial charge in [0.25, 0.3) is 5.91 Å². The van der Waals surface area contributed by atoms with Gasteiger partial charge in [-0.3, -0.25) is 9.48 Å². The highest BCUT2D eigenvalue weighted by atomic mass is 32.1. The van der Waals surface area contributed by atoms with Crippen LogP contribution in [0.2, 0.25) is 0 Å². The fourth-order valence-electron chi connectivity index (χ4n) is 2.81. The molecule has 0 aliphatic heterocycles. The van der Waals surface area contributed by atoms with E-state index in [1.807, 2.05) is 19.2 Å². The molecule has 1 N–H and O–H groups in total. The molecule has 2 heterocycles. The average molecular weight is 414 g/mol. The van der Waals surface area contributed by atoms with Crippen LogP contribution in [0.4, 0.5) is 5.69 Å². The third-order valence-corrected chi connectivity index (χ3v) is 5.02. The molecule has 29 heavy (non-hydrogen) atoms. The molecule has 8 nitrogen and oxygen atoms in total. The summed E-state index contributed by atoms with van der Waals surface area (Å²) in [7, 11) is 1.29. The molecule has 3 aromatic rings. The lowest BCUT2D eigenvalue weighted by Gasteiger charge is -2.09. The van der Waals surface area contributed by atoms with Crippen molar-refractivity contribution in [1.29, 1.82) is 0 Å². The SMILES string of the molecule is CCn1nc(C)c(NC(=O)c2cccc(OCc3csc(C)n3)c2)c1C(=O)OC. The first-order valence-corrected chi connectivity index (χ1v) is 9.91. The first-order valence-electron chi connectivity index (χ1n) is 9.03. The zero-order valence-corrected chi connectivity index (χ0v) is 17.5. The minimum absolute atomic E-state index is 0.215. The molecule has 152 valence electrons. The first-order chi connectivity index (χ1) is 13.9. The Morgan fingerprint density at radius 3 is 2.72 bits per heavy atom. The molecule has 1 aromatic carbocycles. The van der Waals surface area contributed by atoms with Gasteiger partial charge >= 0.3 is 5.97 Å². The lowest BCUT2D eigenvalue weighted by molar-refractivity contribution is 0.0588. The molecule has 0 saturated carbocycles. The van der Waals surface area contributed by atoms with Gasteiger partial charge in [-0.1, -0.05) is 6.07 Å². The highest BCUT2D eigenvalue weighted by Gasteiger charge is 2.23. The largest absolute Gasteiger partial charge is 0.487 e. The van der Waals surface area contributed by atoms with E-state index < -0.39 is 5.97 Å². The van der Waals surface area contributed by atoms with Crippen molar-refractivity contribution in [2.45, 2.75) is 33.9 Å². The van der Waals surface area contributed by atoms with Crippen LogP contribution in [0.25, 0.3) is 0 Å². The molecule has 0 aliphatic carbocycles. The van der Waals surface area contributed by atoms with E-state index in [1.54, 1.807) is 42.5 Å². The Morgan fingerprint density at radius 2 is 2.07 bits per heavy atom. The predicted molar refractivity (Wildman–Crippen MR) is 110 cm³/mol. The number of carbonyl (C=O) groups is 2.